The summed E-state index contributed by atoms with van der Waals surface area (Å²) in [5, 5.41) is 1.24. The van der Waals surface area contributed by atoms with E-state index in [1.807, 2.05) is 0 Å². The fourth-order valence-electron chi connectivity index (χ4n) is 1.77. The minimum Gasteiger partial charge on any atom is -0.325 e. The number of hydroxylamine groups is 2. The number of carbonyl (C=O) groups excluding carboxylic acids is 1. The zero-order valence-electron chi connectivity index (χ0n) is 8.38. The highest BCUT2D eigenvalue weighted by atomic mass is 16.7. The summed E-state index contributed by atoms with van der Waals surface area (Å²) in [4.78, 5) is 16.3. The molecular weight excluding hydrogens is 168 g/mol. The number of hydrogen-bond acceptors (Lipinski definition) is 3. The molecule has 1 fully saturated rings. The van der Waals surface area contributed by atoms with Crippen molar-refractivity contribution in [2.24, 2.45) is 5.73 Å². The minimum atomic E-state index is -0.274. The van der Waals surface area contributed by atoms with Crippen LogP contribution < -0.4 is 5.73 Å². The van der Waals surface area contributed by atoms with E-state index in [1.54, 1.807) is 7.05 Å². The van der Waals surface area contributed by atoms with Crippen molar-refractivity contribution in [2.75, 3.05) is 14.2 Å². The van der Waals surface area contributed by atoms with E-state index in [0.717, 1.165) is 25.7 Å². The lowest BCUT2D eigenvalue weighted by Crippen LogP contribution is -2.42. The smallest absolute Gasteiger partial charge is 0.247 e. The normalized spacial score (nSPS) is 20.2. The van der Waals surface area contributed by atoms with Gasteiger partial charge in [-0.15, -0.1) is 0 Å². The van der Waals surface area contributed by atoms with Gasteiger partial charge in [0.2, 0.25) is 5.91 Å². The summed E-state index contributed by atoms with van der Waals surface area (Å²) in [6.45, 7) is 0. The van der Waals surface area contributed by atoms with Crippen molar-refractivity contribution >= 4 is 5.91 Å². The lowest BCUT2D eigenvalue weighted by molar-refractivity contribution is -0.169. The van der Waals surface area contributed by atoms with E-state index in [-0.39, 0.29) is 11.4 Å². The highest BCUT2D eigenvalue weighted by molar-refractivity contribution is 5.76. The second kappa shape index (κ2) is 4.07. The molecule has 0 aliphatic heterocycles. The fourth-order valence-corrected chi connectivity index (χ4v) is 1.77. The first-order chi connectivity index (χ1) is 6.07. The van der Waals surface area contributed by atoms with E-state index in [4.69, 9.17) is 10.6 Å². The van der Waals surface area contributed by atoms with Gasteiger partial charge < -0.3 is 5.73 Å². The van der Waals surface area contributed by atoms with Crippen molar-refractivity contribution in [3.63, 3.8) is 0 Å². The molecule has 0 atom stereocenters. The number of amides is 1. The minimum absolute atomic E-state index is 0.0353. The Morgan fingerprint density at radius 2 is 2.08 bits per heavy atom. The van der Waals surface area contributed by atoms with Crippen LogP contribution in [-0.4, -0.2) is 30.7 Å². The van der Waals surface area contributed by atoms with Gasteiger partial charge in [0.15, 0.2) is 0 Å². The van der Waals surface area contributed by atoms with E-state index in [1.165, 1.54) is 12.2 Å². The van der Waals surface area contributed by atoms with E-state index in [2.05, 4.69) is 0 Å². The SMILES string of the molecule is CON(C)C(=O)CC1(N)CCCC1. The van der Waals surface area contributed by atoms with Crippen LogP contribution in [0.1, 0.15) is 32.1 Å². The van der Waals surface area contributed by atoms with Crippen molar-refractivity contribution in [2.45, 2.75) is 37.6 Å². The summed E-state index contributed by atoms with van der Waals surface area (Å²) >= 11 is 0. The summed E-state index contributed by atoms with van der Waals surface area (Å²) in [5.41, 5.74) is 5.78. The first kappa shape index (κ1) is 10.5. The molecule has 0 bridgehead atoms. The zero-order valence-corrected chi connectivity index (χ0v) is 8.38. The first-order valence-electron chi connectivity index (χ1n) is 4.67. The summed E-state index contributed by atoms with van der Waals surface area (Å²) in [7, 11) is 3.09. The van der Waals surface area contributed by atoms with Crippen LogP contribution in [0.3, 0.4) is 0 Å². The molecule has 1 aliphatic rings. The van der Waals surface area contributed by atoms with Crippen LogP contribution >= 0.6 is 0 Å². The molecule has 0 aromatic carbocycles. The van der Waals surface area contributed by atoms with Crippen molar-refractivity contribution in [3.8, 4) is 0 Å². The van der Waals surface area contributed by atoms with Crippen molar-refractivity contribution in [1.29, 1.82) is 0 Å². The molecule has 0 heterocycles. The van der Waals surface area contributed by atoms with Crippen LogP contribution in [0.4, 0.5) is 0 Å². The standard InChI is InChI=1S/C9H18N2O2/c1-11(13-2)8(12)7-9(10)5-3-4-6-9/h3-7,10H2,1-2H3. The average molecular weight is 186 g/mol. The highest BCUT2D eigenvalue weighted by Gasteiger charge is 2.32. The number of nitrogens with two attached hydrogens (primary N) is 1. The van der Waals surface area contributed by atoms with Gasteiger partial charge in [0.05, 0.1) is 7.11 Å². The summed E-state index contributed by atoms with van der Waals surface area (Å²) in [5.74, 6) is -0.0353. The van der Waals surface area contributed by atoms with Crippen molar-refractivity contribution < 1.29 is 9.63 Å². The van der Waals surface area contributed by atoms with Crippen LogP contribution in [0.5, 0.6) is 0 Å². The predicted octanol–water partition coefficient (Wildman–Crippen LogP) is 0.668. The molecule has 0 aromatic heterocycles. The Kier molecular flexibility index (Phi) is 3.27. The Morgan fingerprint density at radius 3 is 2.54 bits per heavy atom. The maximum atomic E-state index is 11.5. The van der Waals surface area contributed by atoms with Gasteiger partial charge in [0.1, 0.15) is 0 Å². The number of hydrogen-bond donors (Lipinski definition) is 1. The lowest BCUT2D eigenvalue weighted by atomic mass is 9.94. The first-order valence-corrected chi connectivity index (χ1v) is 4.67. The molecule has 0 aromatic rings. The van der Waals surface area contributed by atoms with Crippen LogP contribution in [-0.2, 0) is 9.63 Å². The van der Waals surface area contributed by atoms with Gasteiger partial charge in [-0.25, -0.2) is 5.06 Å². The van der Waals surface area contributed by atoms with Gasteiger partial charge in [0.25, 0.3) is 0 Å². The quantitative estimate of drug-likeness (QED) is 0.659. The predicted molar refractivity (Wildman–Crippen MR) is 49.8 cm³/mol. The molecule has 0 unspecified atom stereocenters. The average Bonchev–Trinajstić information content (AvgIpc) is 2.50. The van der Waals surface area contributed by atoms with Crippen LogP contribution in [0.15, 0.2) is 0 Å². The molecule has 1 rings (SSSR count). The maximum Gasteiger partial charge on any atom is 0.247 e. The third-order valence-electron chi connectivity index (χ3n) is 2.73. The highest BCUT2D eigenvalue weighted by Crippen LogP contribution is 2.30. The summed E-state index contributed by atoms with van der Waals surface area (Å²) < 4.78 is 0. The van der Waals surface area contributed by atoms with Crippen molar-refractivity contribution in [3.05, 3.63) is 0 Å². The van der Waals surface area contributed by atoms with Crippen LogP contribution in [0.25, 0.3) is 0 Å². The Bertz CT molecular complexity index is 188. The van der Waals surface area contributed by atoms with Gasteiger partial charge in [-0.05, 0) is 12.8 Å². The Labute approximate surface area is 79.0 Å². The van der Waals surface area contributed by atoms with Crippen molar-refractivity contribution in [1.82, 2.24) is 5.06 Å². The molecule has 13 heavy (non-hydrogen) atoms. The third-order valence-corrected chi connectivity index (χ3v) is 2.73. The molecule has 0 spiro atoms. The molecule has 4 heteroatoms. The van der Waals surface area contributed by atoms with Gasteiger partial charge in [-0.1, -0.05) is 12.8 Å². The number of nitrogens with zero attached hydrogens (tertiary/aromatic N) is 1. The Hall–Kier alpha value is -0.610. The molecule has 2 N–H and O–H groups in total. The largest absolute Gasteiger partial charge is 0.325 e. The number of carbonyl (C=O) groups is 1. The maximum absolute atomic E-state index is 11.5. The van der Waals surface area contributed by atoms with E-state index in [0.29, 0.717) is 6.42 Å². The third kappa shape index (κ3) is 2.67. The van der Waals surface area contributed by atoms with E-state index < -0.39 is 0 Å². The van der Waals surface area contributed by atoms with Gasteiger partial charge >= 0.3 is 0 Å². The van der Waals surface area contributed by atoms with Gasteiger partial charge in [-0.3, -0.25) is 9.63 Å². The number of rotatable bonds is 3. The van der Waals surface area contributed by atoms with Gasteiger partial charge in [0, 0.05) is 19.0 Å². The molecule has 1 amide bonds. The van der Waals surface area contributed by atoms with E-state index in [9.17, 15) is 4.79 Å². The Balaban J connectivity index is 2.43. The Morgan fingerprint density at radius 1 is 1.54 bits per heavy atom. The molecule has 4 nitrogen and oxygen atoms in total. The monoisotopic (exact) mass is 186 g/mol. The van der Waals surface area contributed by atoms with E-state index >= 15 is 0 Å². The van der Waals surface area contributed by atoms with Crippen LogP contribution in [0.2, 0.25) is 0 Å². The molecule has 1 aliphatic carbocycles. The van der Waals surface area contributed by atoms with Crippen LogP contribution in [0, 0.1) is 0 Å². The van der Waals surface area contributed by atoms with Gasteiger partial charge in [-0.2, -0.15) is 0 Å². The summed E-state index contributed by atoms with van der Waals surface area (Å²) in [6, 6.07) is 0. The molecule has 0 saturated heterocycles. The molecular formula is C9H18N2O2. The molecule has 0 radical (unpaired) electrons. The molecule has 1 saturated carbocycles. The second-order valence-corrected chi connectivity index (χ2v) is 3.82. The summed E-state index contributed by atoms with van der Waals surface area (Å²) in [6.07, 6.45) is 4.59. The molecule has 76 valence electrons. The topological polar surface area (TPSA) is 55.6 Å². The fraction of sp³-hybridized carbons (Fsp3) is 0.889. The zero-order chi connectivity index (χ0) is 9.90. The lowest BCUT2D eigenvalue weighted by Gasteiger charge is -2.24. The second-order valence-electron chi connectivity index (χ2n) is 3.82.